The second kappa shape index (κ2) is 5.22. The number of amides is 1. The van der Waals surface area contributed by atoms with E-state index in [1.54, 1.807) is 0 Å². The maximum Gasteiger partial charge on any atom is 0.275 e. The number of benzene rings is 1. The Labute approximate surface area is 92.4 Å². The van der Waals surface area contributed by atoms with Crippen molar-refractivity contribution in [3.8, 4) is 0 Å². The third-order valence-electron chi connectivity index (χ3n) is 2.07. The lowest BCUT2D eigenvalue weighted by molar-refractivity contribution is -0.385. The predicted octanol–water partition coefficient (Wildman–Crippen LogP) is 1.10. The number of methoxy groups -OCH3 is 1. The van der Waals surface area contributed by atoms with Crippen molar-refractivity contribution in [2.24, 2.45) is 0 Å². The summed E-state index contributed by atoms with van der Waals surface area (Å²) in [6, 6.07) is 4.29. The Morgan fingerprint density at radius 3 is 2.75 bits per heavy atom. The zero-order chi connectivity index (χ0) is 12.1. The molecule has 86 valence electrons. The van der Waals surface area contributed by atoms with E-state index in [4.69, 9.17) is 4.74 Å². The van der Waals surface area contributed by atoms with Crippen LogP contribution in [-0.2, 0) is 11.3 Å². The molecule has 1 aromatic rings. The molecule has 1 N–H and O–H groups in total. The van der Waals surface area contributed by atoms with Gasteiger partial charge in [-0.1, -0.05) is 0 Å². The monoisotopic (exact) mass is 224 g/mol. The van der Waals surface area contributed by atoms with E-state index in [0.29, 0.717) is 5.56 Å². The van der Waals surface area contributed by atoms with Crippen LogP contribution in [0, 0.1) is 10.1 Å². The first-order valence-electron chi connectivity index (χ1n) is 4.58. The molecule has 0 aliphatic rings. The van der Waals surface area contributed by atoms with Gasteiger partial charge in [-0.2, -0.15) is 0 Å². The van der Waals surface area contributed by atoms with E-state index in [0.717, 1.165) is 0 Å². The van der Waals surface area contributed by atoms with Gasteiger partial charge < -0.3 is 10.1 Å². The third kappa shape index (κ3) is 2.54. The van der Waals surface area contributed by atoms with Gasteiger partial charge in [-0.15, -0.1) is 0 Å². The number of carbonyl (C=O) groups excluding carboxylic acids is 1. The van der Waals surface area contributed by atoms with Crippen LogP contribution in [-0.4, -0.2) is 25.0 Å². The van der Waals surface area contributed by atoms with E-state index in [1.165, 1.54) is 32.4 Å². The fourth-order valence-electron chi connectivity index (χ4n) is 1.30. The summed E-state index contributed by atoms with van der Waals surface area (Å²) < 4.78 is 4.84. The Balaban J connectivity index is 3.17. The van der Waals surface area contributed by atoms with Crippen molar-refractivity contribution in [3.05, 3.63) is 39.4 Å². The molecule has 0 saturated carbocycles. The van der Waals surface area contributed by atoms with E-state index < -0.39 is 4.92 Å². The lowest BCUT2D eigenvalue weighted by Gasteiger charge is -2.04. The van der Waals surface area contributed by atoms with Gasteiger partial charge in [-0.3, -0.25) is 14.9 Å². The van der Waals surface area contributed by atoms with Crippen molar-refractivity contribution in [2.75, 3.05) is 14.2 Å². The molecule has 1 amide bonds. The molecule has 0 heterocycles. The molecule has 0 radical (unpaired) electrons. The number of nitro benzene ring substituents is 1. The first-order valence-corrected chi connectivity index (χ1v) is 4.58. The molecule has 0 aliphatic carbocycles. The van der Waals surface area contributed by atoms with Gasteiger partial charge in [0, 0.05) is 25.8 Å². The van der Waals surface area contributed by atoms with Crippen LogP contribution in [0.1, 0.15) is 15.9 Å². The minimum absolute atomic E-state index is 0.108. The zero-order valence-electron chi connectivity index (χ0n) is 9.02. The van der Waals surface area contributed by atoms with Gasteiger partial charge in [0.15, 0.2) is 0 Å². The highest BCUT2D eigenvalue weighted by Gasteiger charge is 2.16. The maximum absolute atomic E-state index is 11.3. The summed E-state index contributed by atoms with van der Waals surface area (Å²) in [7, 11) is 2.92. The fourth-order valence-corrected chi connectivity index (χ4v) is 1.30. The molecule has 0 saturated heterocycles. The molecule has 0 aliphatic heterocycles. The number of rotatable bonds is 4. The molecule has 0 spiro atoms. The lowest BCUT2D eigenvalue weighted by Crippen LogP contribution is -2.18. The van der Waals surface area contributed by atoms with Crippen molar-refractivity contribution in [3.63, 3.8) is 0 Å². The average Bonchev–Trinajstić information content (AvgIpc) is 2.28. The number of nitrogens with one attached hydrogen (secondary N) is 1. The molecular formula is C10H12N2O4. The van der Waals surface area contributed by atoms with Gasteiger partial charge in [0.25, 0.3) is 11.6 Å². The summed E-state index contributed by atoms with van der Waals surface area (Å²) >= 11 is 0. The second-order valence-electron chi connectivity index (χ2n) is 3.11. The number of ether oxygens (including phenoxy) is 1. The summed E-state index contributed by atoms with van der Waals surface area (Å²) in [6.45, 7) is 0.143. The molecule has 0 aromatic heterocycles. The van der Waals surface area contributed by atoms with Crippen LogP contribution < -0.4 is 5.32 Å². The minimum Gasteiger partial charge on any atom is -0.380 e. The highest BCUT2D eigenvalue weighted by molar-refractivity contribution is 5.94. The lowest BCUT2D eigenvalue weighted by atomic mass is 10.1. The smallest absolute Gasteiger partial charge is 0.275 e. The number of hydrogen-bond donors (Lipinski definition) is 1. The molecule has 16 heavy (non-hydrogen) atoms. The topological polar surface area (TPSA) is 81.5 Å². The predicted molar refractivity (Wildman–Crippen MR) is 57.2 cm³/mol. The summed E-state index contributed by atoms with van der Waals surface area (Å²) in [5.41, 5.74) is 0.595. The van der Waals surface area contributed by atoms with Crippen LogP contribution >= 0.6 is 0 Å². The largest absolute Gasteiger partial charge is 0.380 e. The van der Waals surface area contributed by atoms with Crippen LogP contribution in [0.15, 0.2) is 18.2 Å². The van der Waals surface area contributed by atoms with E-state index in [9.17, 15) is 14.9 Å². The molecule has 0 fully saturated rings. The van der Waals surface area contributed by atoms with Crippen LogP contribution in [0.2, 0.25) is 0 Å². The van der Waals surface area contributed by atoms with Crippen molar-refractivity contribution >= 4 is 11.6 Å². The Hall–Kier alpha value is -1.95. The molecule has 0 unspecified atom stereocenters. The van der Waals surface area contributed by atoms with E-state index >= 15 is 0 Å². The van der Waals surface area contributed by atoms with Gasteiger partial charge in [-0.05, 0) is 12.1 Å². The fraction of sp³-hybridized carbons (Fsp3) is 0.300. The van der Waals surface area contributed by atoms with Gasteiger partial charge in [0.1, 0.15) is 0 Å². The maximum atomic E-state index is 11.3. The summed E-state index contributed by atoms with van der Waals surface area (Å²) in [5.74, 6) is -0.355. The van der Waals surface area contributed by atoms with Crippen LogP contribution in [0.4, 0.5) is 5.69 Å². The second-order valence-corrected chi connectivity index (χ2v) is 3.11. The van der Waals surface area contributed by atoms with Gasteiger partial charge in [-0.25, -0.2) is 0 Å². The Morgan fingerprint density at radius 1 is 1.56 bits per heavy atom. The van der Waals surface area contributed by atoms with Crippen molar-refractivity contribution in [1.82, 2.24) is 5.32 Å². The Bertz CT molecular complexity index is 417. The molecule has 6 nitrogen and oxygen atoms in total. The van der Waals surface area contributed by atoms with E-state index in [-0.39, 0.29) is 23.8 Å². The molecule has 0 atom stereocenters. The molecule has 0 bridgehead atoms. The SMILES string of the molecule is CNC(=O)c1ccc(COC)c([N+](=O)[O-])c1. The zero-order valence-corrected chi connectivity index (χ0v) is 9.02. The van der Waals surface area contributed by atoms with Crippen LogP contribution in [0.3, 0.4) is 0 Å². The quantitative estimate of drug-likeness (QED) is 0.613. The average molecular weight is 224 g/mol. The first-order chi connectivity index (χ1) is 7.60. The third-order valence-corrected chi connectivity index (χ3v) is 2.07. The molecular weight excluding hydrogens is 212 g/mol. The number of nitro groups is 1. The highest BCUT2D eigenvalue weighted by atomic mass is 16.6. The molecule has 1 rings (SSSR count). The number of nitrogens with zero attached hydrogens (tertiary/aromatic N) is 1. The normalized spacial score (nSPS) is 9.88. The van der Waals surface area contributed by atoms with Gasteiger partial charge >= 0.3 is 0 Å². The Morgan fingerprint density at radius 2 is 2.25 bits per heavy atom. The Kier molecular flexibility index (Phi) is 3.96. The highest BCUT2D eigenvalue weighted by Crippen LogP contribution is 2.21. The van der Waals surface area contributed by atoms with Crippen molar-refractivity contribution in [2.45, 2.75) is 6.61 Å². The van der Waals surface area contributed by atoms with E-state index in [2.05, 4.69) is 5.32 Å². The van der Waals surface area contributed by atoms with Gasteiger partial charge in [0.2, 0.25) is 0 Å². The minimum atomic E-state index is -0.527. The van der Waals surface area contributed by atoms with Crippen LogP contribution in [0.5, 0.6) is 0 Å². The molecule has 6 heteroatoms. The summed E-state index contributed by atoms with van der Waals surface area (Å²) in [5, 5.41) is 13.2. The standard InChI is InChI=1S/C10H12N2O4/c1-11-10(13)7-3-4-8(6-16-2)9(5-7)12(14)15/h3-5H,6H2,1-2H3,(H,11,13). The van der Waals surface area contributed by atoms with E-state index in [1.807, 2.05) is 0 Å². The summed E-state index contributed by atoms with van der Waals surface area (Å²) in [4.78, 5) is 21.5. The number of carbonyl (C=O) groups is 1. The van der Waals surface area contributed by atoms with Crippen LogP contribution in [0.25, 0.3) is 0 Å². The van der Waals surface area contributed by atoms with Crippen molar-refractivity contribution in [1.29, 1.82) is 0 Å². The number of hydrogen-bond acceptors (Lipinski definition) is 4. The first kappa shape index (κ1) is 12.1. The molecule has 1 aromatic carbocycles. The summed E-state index contributed by atoms with van der Waals surface area (Å²) in [6.07, 6.45) is 0. The van der Waals surface area contributed by atoms with Crippen molar-refractivity contribution < 1.29 is 14.5 Å². The van der Waals surface area contributed by atoms with Gasteiger partial charge in [0.05, 0.1) is 17.1 Å².